The van der Waals surface area contributed by atoms with E-state index in [0.29, 0.717) is 12.0 Å². The van der Waals surface area contributed by atoms with Crippen LogP contribution in [0, 0.1) is 5.92 Å². The molecule has 1 aliphatic rings. The number of benzene rings is 1. The van der Waals surface area contributed by atoms with Crippen LogP contribution in [0.4, 0.5) is 0 Å². The molecule has 0 spiro atoms. The van der Waals surface area contributed by atoms with E-state index in [0.717, 1.165) is 11.0 Å². The molecule has 0 N–H and O–H groups in total. The zero-order valence-corrected chi connectivity index (χ0v) is 11.0. The predicted molar refractivity (Wildman–Crippen MR) is 70.7 cm³/mol. The summed E-state index contributed by atoms with van der Waals surface area (Å²) in [6.07, 6.45) is 6.83. The Kier molecular flexibility index (Phi) is 3.01. The Labute approximate surface area is 112 Å². The van der Waals surface area contributed by atoms with E-state index in [1.807, 2.05) is 12.4 Å². The average molecular weight is 257 g/mol. The molecule has 0 bridgehead atoms. The number of carbonyl (C=O) groups is 1. The minimum absolute atomic E-state index is 0.189. The molecule has 0 amide bonds. The van der Waals surface area contributed by atoms with Gasteiger partial charge >= 0.3 is 0 Å². The first kappa shape index (κ1) is 12.2. The van der Waals surface area contributed by atoms with Gasteiger partial charge in [0.15, 0.2) is 0 Å². The van der Waals surface area contributed by atoms with Crippen molar-refractivity contribution < 1.29 is 9.90 Å². The van der Waals surface area contributed by atoms with Gasteiger partial charge in [0.05, 0.1) is 23.3 Å². The van der Waals surface area contributed by atoms with Crippen LogP contribution >= 0.6 is 0 Å². The molecule has 1 heterocycles. The van der Waals surface area contributed by atoms with Crippen LogP contribution in [0.5, 0.6) is 0 Å². The molecule has 0 aliphatic heterocycles. The lowest BCUT2D eigenvalue weighted by atomic mass is 9.85. The fourth-order valence-electron chi connectivity index (χ4n) is 3.13. The highest BCUT2D eigenvalue weighted by Crippen LogP contribution is 2.35. The number of hydrogen-bond donors (Lipinski definition) is 0. The molecule has 4 heteroatoms. The maximum absolute atomic E-state index is 10.9. The first-order chi connectivity index (χ1) is 9.16. The zero-order valence-electron chi connectivity index (χ0n) is 11.0. The smallest absolute Gasteiger partial charge is 0.0961 e. The second-order valence-corrected chi connectivity index (χ2v) is 5.47. The number of rotatable bonds is 2. The van der Waals surface area contributed by atoms with Crippen LogP contribution in [0.25, 0.3) is 11.0 Å². The first-order valence-corrected chi connectivity index (χ1v) is 6.85. The number of hydrogen-bond acceptors (Lipinski definition) is 3. The molecule has 1 aromatic heterocycles. The van der Waals surface area contributed by atoms with Crippen LogP contribution in [-0.2, 0) is 0 Å². The first-order valence-electron chi connectivity index (χ1n) is 6.85. The molecule has 1 aromatic carbocycles. The molecule has 1 fully saturated rings. The van der Waals surface area contributed by atoms with Crippen LogP contribution in [0.1, 0.15) is 49.0 Å². The van der Waals surface area contributed by atoms with Crippen molar-refractivity contribution in [1.29, 1.82) is 0 Å². The average Bonchev–Trinajstić information content (AvgIpc) is 2.82. The monoisotopic (exact) mass is 257 g/mol. The van der Waals surface area contributed by atoms with Gasteiger partial charge in [-0.1, -0.05) is 25.8 Å². The largest absolute Gasteiger partial charge is 0.545 e. The summed E-state index contributed by atoms with van der Waals surface area (Å²) in [5.41, 5.74) is 1.94. The van der Waals surface area contributed by atoms with Gasteiger partial charge in [-0.3, -0.25) is 0 Å². The molecule has 1 aliphatic carbocycles. The fourth-order valence-corrected chi connectivity index (χ4v) is 3.13. The summed E-state index contributed by atoms with van der Waals surface area (Å²) in [4.78, 5) is 15.2. The van der Waals surface area contributed by atoms with Crippen molar-refractivity contribution in [3.8, 4) is 0 Å². The van der Waals surface area contributed by atoms with E-state index in [1.165, 1.54) is 25.7 Å². The highest BCUT2D eigenvalue weighted by Gasteiger charge is 2.23. The molecular formula is C15H17N2O2-. The molecule has 2 atom stereocenters. The van der Waals surface area contributed by atoms with E-state index in [1.54, 1.807) is 12.1 Å². The number of carbonyl (C=O) groups excluding carboxylic acids is 1. The molecule has 4 nitrogen and oxygen atoms in total. The van der Waals surface area contributed by atoms with Gasteiger partial charge in [0.2, 0.25) is 0 Å². The molecule has 100 valence electrons. The molecule has 1 saturated carbocycles. The highest BCUT2D eigenvalue weighted by atomic mass is 16.4. The van der Waals surface area contributed by atoms with Crippen molar-refractivity contribution in [2.75, 3.05) is 0 Å². The molecule has 0 radical (unpaired) electrons. The number of fused-ring (bicyclic) bond motifs is 1. The van der Waals surface area contributed by atoms with E-state index in [2.05, 4.69) is 16.5 Å². The van der Waals surface area contributed by atoms with E-state index in [4.69, 9.17) is 0 Å². The summed E-state index contributed by atoms with van der Waals surface area (Å²) < 4.78 is 2.21. The lowest BCUT2D eigenvalue weighted by Gasteiger charge is -2.30. The number of carboxylic acids is 1. The van der Waals surface area contributed by atoms with Gasteiger partial charge in [0, 0.05) is 6.04 Å². The maximum atomic E-state index is 10.9. The molecule has 19 heavy (non-hydrogen) atoms. The van der Waals surface area contributed by atoms with Crippen molar-refractivity contribution in [1.82, 2.24) is 9.55 Å². The van der Waals surface area contributed by atoms with Crippen molar-refractivity contribution in [2.24, 2.45) is 5.92 Å². The SMILES string of the molecule is CC1CCCCC1n1cnc2cc(C(=O)[O-])ccc21. The van der Waals surface area contributed by atoms with Gasteiger partial charge in [0.25, 0.3) is 0 Å². The van der Waals surface area contributed by atoms with Crippen LogP contribution in [0.3, 0.4) is 0 Å². The number of nitrogens with zero attached hydrogens (tertiary/aromatic N) is 2. The quantitative estimate of drug-likeness (QED) is 0.828. The predicted octanol–water partition coefficient (Wildman–Crippen LogP) is 2.15. The molecule has 2 unspecified atom stereocenters. The van der Waals surface area contributed by atoms with E-state index in [9.17, 15) is 9.90 Å². The Morgan fingerprint density at radius 2 is 2.16 bits per heavy atom. The van der Waals surface area contributed by atoms with Gasteiger partial charge in [-0.25, -0.2) is 4.98 Å². The van der Waals surface area contributed by atoms with Crippen molar-refractivity contribution in [2.45, 2.75) is 38.6 Å². The third kappa shape index (κ3) is 2.11. The lowest BCUT2D eigenvalue weighted by Crippen LogP contribution is -2.22. The van der Waals surface area contributed by atoms with Crippen LogP contribution in [-0.4, -0.2) is 15.5 Å². The summed E-state index contributed by atoms with van der Waals surface area (Å²) in [5, 5.41) is 10.9. The van der Waals surface area contributed by atoms with Crippen LogP contribution in [0.15, 0.2) is 24.5 Å². The van der Waals surface area contributed by atoms with E-state index >= 15 is 0 Å². The van der Waals surface area contributed by atoms with Crippen molar-refractivity contribution in [3.05, 3.63) is 30.1 Å². The Hall–Kier alpha value is -1.84. The maximum Gasteiger partial charge on any atom is 0.0961 e. The van der Waals surface area contributed by atoms with E-state index < -0.39 is 5.97 Å². The van der Waals surface area contributed by atoms with Gasteiger partial charge < -0.3 is 14.5 Å². The van der Waals surface area contributed by atoms with Crippen molar-refractivity contribution in [3.63, 3.8) is 0 Å². The summed E-state index contributed by atoms with van der Waals surface area (Å²) >= 11 is 0. The molecular weight excluding hydrogens is 240 g/mol. The summed E-state index contributed by atoms with van der Waals surface area (Å²) in [6, 6.07) is 5.51. The minimum atomic E-state index is -1.15. The Balaban J connectivity index is 2.03. The van der Waals surface area contributed by atoms with Crippen LogP contribution < -0.4 is 5.11 Å². The summed E-state index contributed by atoms with van der Waals surface area (Å²) in [5.74, 6) is -0.505. The van der Waals surface area contributed by atoms with Crippen LogP contribution in [0.2, 0.25) is 0 Å². The third-order valence-electron chi connectivity index (χ3n) is 4.23. The zero-order chi connectivity index (χ0) is 13.4. The standard InChI is InChI=1S/C15H18N2O2/c1-10-4-2-3-5-13(10)17-9-16-12-8-11(15(18)19)6-7-14(12)17/h6-10,13H,2-5H2,1H3,(H,18,19)/p-1. The Morgan fingerprint density at radius 1 is 1.37 bits per heavy atom. The van der Waals surface area contributed by atoms with Gasteiger partial charge in [-0.2, -0.15) is 0 Å². The van der Waals surface area contributed by atoms with Gasteiger partial charge in [0.1, 0.15) is 0 Å². The number of aromatic carboxylic acids is 1. The second kappa shape index (κ2) is 4.68. The van der Waals surface area contributed by atoms with E-state index in [-0.39, 0.29) is 5.56 Å². The number of imidazole rings is 1. The summed E-state index contributed by atoms with van der Waals surface area (Å²) in [6.45, 7) is 2.28. The topological polar surface area (TPSA) is 58.0 Å². The molecule has 0 saturated heterocycles. The molecule has 3 rings (SSSR count). The lowest BCUT2D eigenvalue weighted by molar-refractivity contribution is -0.255. The highest BCUT2D eigenvalue weighted by molar-refractivity contribution is 5.91. The number of aromatic nitrogens is 2. The number of carboxylic acid groups (broad SMARTS) is 1. The normalized spacial score (nSPS) is 23.6. The molecule has 2 aromatic rings. The summed E-state index contributed by atoms with van der Waals surface area (Å²) in [7, 11) is 0. The Bertz CT molecular complexity index is 618. The van der Waals surface area contributed by atoms with Crippen molar-refractivity contribution >= 4 is 17.0 Å². The third-order valence-corrected chi connectivity index (χ3v) is 4.23. The minimum Gasteiger partial charge on any atom is -0.545 e. The van der Waals surface area contributed by atoms with Gasteiger partial charge in [-0.05, 0) is 36.5 Å². The van der Waals surface area contributed by atoms with Gasteiger partial charge in [-0.15, -0.1) is 0 Å². The fraction of sp³-hybridized carbons (Fsp3) is 0.467. The Morgan fingerprint density at radius 3 is 2.89 bits per heavy atom. The second-order valence-electron chi connectivity index (χ2n) is 5.47.